The first-order valence-corrected chi connectivity index (χ1v) is 10.2. The van der Waals surface area contributed by atoms with Gasteiger partial charge in [-0.2, -0.15) is 0 Å². The lowest BCUT2D eigenvalue weighted by molar-refractivity contribution is -0.122. The monoisotopic (exact) mass is 381 g/mol. The number of hydrogen-bond acceptors (Lipinski definition) is 5. The lowest BCUT2D eigenvalue weighted by Gasteiger charge is -2.12. The van der Waals surface area contributed by atoms with Crippen LogP contribution in [-0.2, 0) is 4.79 Å². The van der Waals surface area contributed by atoms with Crippen LogP contribution in [0.3, 0.4) is 0 Å². The SMILES string of the molecule is CCN1C(=O)/C(=C\c2ccc(N3CCCC3)o2)SC1=Nc1ccc(C)cc1. The van der Waals surface area contributed by atoms with Crippen molar-refractivity contribution in [2.45, 2.75) is 26.7 Å². The van der Waals surface area contributed by atoms with E-state index >= 15 is 0 Å². The highest BCUT2D eigenvalue weighted by Gasteiger charge is 2.32. The molecule has 1 amide bonds. The van der Waals surface area contributed by atoms with Gasteiger partial charge in [-0.15, -0.1) is 0 Å². The largest absolute Gasteiger partial charge is 0.441 e. The Morgan fingerprint density at radius 2 is 1.89 bits per heavy atom. The lowest BCUT2D eigenvalue weighted by atomic mass is 10.2. The molecule has 0 N–H and O–H groups in total. The third kappa shape index (κ3) is 3.81. The summed E-state index contributed by atoms with van der Waals surface area (Å²) in [4.78, 5) is 22.0. The number of anilines is 1. The molecule has 6 heteroatoms. The fourth-order valence-electron chi connectivity index (χ4n) is 3.26. The van der Waals surface area contributed by atoms with Crippen LogP contribution in [0.1, 0.15) is 31.1 Å². The molecule has 140 valence electrons. The molecule has 2 aromatic rings. The number of benzene rings is 1. The van der Waals surface area contributed by atoms with Crippen LogP contribution < -0.4 is 4.90 Å². The van der Waals surface area contributed by atoms with E-state index in [4.69, 9.17) is 4.42 Å². The van der Waals surface area contributed by atoms with Crippen LogP contribution in [0.4, 0.5) is 11.6 Å². The molecule has 2 aliphatic heterocycles. The molecule has 4 rings (SSSR count). The van der Waals surface area contributed by atoms with Crippen LogP contribution in [0, 0.1) is 6.92 Å². The molecule has 27 heavy (non-hydrogen) atoms. The average molecular weight is 382 g/mol. The second-order valence-electron chi connectivity index (χ2n) is 6.76. The second-order valence-corrected chi connectivity index (χ2v) is 7.77. The van der Waals surface area contributed by atoms with Crippen molar-refractivity contribution in [1.82, 2.24) is 4.90 Å². The Kier molecular flexibility index (Phi) is 5.07. The number of carbonyl (C=O) groups excluding carboxylic acids is 1. The van der Waals surface area contributed by atoms with E-state index in [1.165, 1.54) is 30.2 Å². The predicted octanol–water partition coefficient (Wildman–Crippen LogP) is 4.81. The van der Waals surface area contributed by atoms with Gasteiger partial charge in [-0.05, 0) is 56.7 Å². The molecule has 2 saturated heterocycles. The summed E-state index contributed by atoms with van der Waals surface area (Å²) < 4.78 is 5.94. The van der Waals surface area contributed by atoms with E-state index in [2.05, 4.69) is 9.89 Å². The fourth-order valence-corrected chi connectivity index (χ4v) is 4.30. The minimum atomic E-state index is -0.0208. The number of carbonyl (C=O) groups is 1. The zero-order valence-electron chi connectivity index (χ0n) is 15.6. The quantitative estimate of drug-likeness (QED) is 0.713. The molecule has 0 saturated carbocycles. The highest BCUT2D eigenvalue weighted by atomic mass is 32.2. The number of amides is 1. The number of thioether (sulfide) groups is 1. The number of aliphatic imine (C=N–C) groups is 1. The summed E-state index contributed by atoms with van der Waals surface area (Å²) >= 11 is 1.40. The van der Waals surface area contributed by atoms with E-state index in [9.17, 15) is 4.79 Å². The van der Waals surface area contributed by atoms with Gasteiger partial charge in [-0.1, -0.05) is 17.7 Å². The molecule has 3 heterocycles. The summed E-state index contributed by atoms with van der Waals surface area (Å²) in [7, 11) is 0. The molecule has 0 aliphatic carbocycles. The third-order valence-corrected chi connectivity index (χ3v) is 5.77. The van der Waals surface area contributed by atoms with Gasteiger partial charge in [0, 0.05) is 31.8 Å². The molecule has 0 unspecified atom stereocenters. The van der Waals surface area contributed by atoms with Gasteiger partial charge in [-0.3, -0.25) is 9.69 Å². The Labute approximate surface area is 163 Å². The maximum atomic E-state index is 12.8. The summed E-state index contributed by atoms with van der Waals surface area (Å²) in [6.07, 6.45) is 4.23. The number of nitrogens with zero attached hydrogens (tertiary/aromatic N) is 3. The molecule has 1 aromatic heterocycles. The van der Waals surface area contributed by atoms with Gasteiger partial charge < -0.3 is 9.32 Å². The van der Waals surface area contributed by atoms with E-state index < -0.39 is 0 Å². The minimum Gasteiger partial charge on any atom is -0.441 e. The van der Waals surface area contributed by atoms with E-state index in [0.717, 1.165) is 24.7 Å². The number of furan rings is 1. The van der Waals surface area contributed by atoms with Gasteiger partial charge in [0.2, 0.25) is 0 Å². The first-order chi connectivity index (χ1) is 13.1. The smallest absolute Gasteiger partial charge is 0.266 e. The lowest BCUT2D eigenvalue weighted by Crippen LogP contribution is -2.28. The molecule has 5 nitrogen and oxygen atoms in total. The highest BCUT2D eigenvalue weighted by molar-refractivity contribution is 8.18. The van der Waals surface area contributed by atoms with E-state index in [1.54, 1.807) is 4.90 Å². The van der Waals surface area contributed by atoms with Crippen molar-refractivity contribution in [2.75, 3.05) is 24.5 Å². The van der Waals surface area contributed by atoms with E-state index in [1.807, 2.05) is 56.3 Å². The molecule has 0 spiro atoms. The Bertz CT molecular complexity index is 892. The van der Waals surface area contributed by atoms with Crippen LogP contribution in [0.2, 0.25) is 0 Å². The van der Waals surface area contributed by atoms with Crippen molar-refractivity contribution in [3.63, 3.8) is 0 Å². The van der Waals surface area contributed by atoms with Gasteiger partial charge in [0.25, 0.3) is 5.91 Å². The van der Waals surface area contributed by atoms with Crippen LogP contribution in [-0.4, -0.2) is 35.6 Å². The van der Waals surface area contributed by atoms with Gasteiger partial charge in [0.1, 0.15) is 5.76 Å². The topological polar surface area (TPSA) is 49.1 Å². The van der Waals surface area contributed by atoms with Gasteiger partial charge >= 0.3 is 0 Å². The van der Waals surface area contributed by atoms with Crippen LogP contribution in [0.25, 0.3) is 6.08 Å². The molecular weight excluding hydrogens is 358 g/mol. The maximum absolute atomic E-state index is 12.8. The first-order valence-electron chi connectivity index (χ1n) is 9.35. The molecule has 0 radical (unpaired) electrons. The minimum absolute atomic E-state index is 0.0208. The Balaban J connectivity index is 1.57. The first kappa shape index (κ1) is 17.9. The van der Waals surface area contributed by atoms with E-state index in [-0.39, 0.29) is 5.91 Å². The molecule has 0 bridgehead atoms. The van der Waals surface area contributed by atoms with Crippen LogP contribution >= 0.6 is 11.8 Å². The van der Waals surface area contributed by atoms with Gasteiger partial charge in [0.15, 0.2) is 11.1 Å². The van der Waals surface area contributed by atoms with Crippen LogP contribution in [0.5, 0.6) is 0 Å². The third-order valence-electron chi connectivity index (χ3n) is 4.77. The summed E-state index contributed by atoms with van der Waals surface area (Å²) in [6, 6.07) is 11.9. The van der Waals surface area contributed by atoms with Crippen molar-refractivity contribution in [2.24, 2.45) is 4.99 Å². The number of likely N-dealkylation sites (N-methyl/N-ethyl adjacent to an activating group) is 1. The fraction of sp³-hybridized carbons (Fsp3) is 0.333. The molecule has 1 aromatic carbocycles. The molecule has 2 fully saturated rings. The van der Waals surface area contributed by atoms with Gasteiger partial charge in [-0.25, -0.2) is 4.99 Å². The van der Waals surface area contributed by atoms with Crippen molar-refractivity contribution in [1.29, 1.82) is 0 Å². The Hall–Kier alpha value is -2.47. The van der Waals surface area contributed by atoms with E-state index in [0.29, 0.717) is 22.4 Å². The van der Waals surface area contributed by atoms with Crippen molar-refractivity contribution < 1.29 is 9.21 Å². The van der Waals surface area contributed by atoms with Crippen molar-refractivity contribution in [3.05, 3.63) is 52.6 Å². The summed E-state index contributed by atoms with van der Waals surface area (Å²) in [5, 5.41) is 0.712. The molecule has 2 aliphatic rings. The maximum Gasteiger partial charge on any atom is 0.266 e. The zero-order valence-corrected chi connectivity index (χ0v) is 16.5. The Morgan fingerprint density at radius 3 is 2.59 bits per heavy atom. The number of amidine groups is 1. The summed E-state index contributed by atoms with van der Waals surface area (Å²) in [5.41, 5.74) is 2.04. The molecule has 0 atom stereocenters. The van der Waals surface area contributed by atoms with Crippen molar-refractivity contribution in [3.8, 4) is 0 Å². The normalized spacial score (nSPS) is 20.4. The van der Waals surface area contributed by atoms with Gasteiger partial charge in [0.05, 0.1) is 10.6 Å². The summed E-state index contributed by atoms with van der Waals surface area (Å²) in [6.45, 7) is 6.67. The van der Waals surface area contributed by atoms with Crippen LogP contribution in [0.15, 0.2) is 50.7 Å². The van der Waals surface area contributed by atoms with Crippen molar-refractivity contribution >= 4 is 40.5 Å². The second kappa shape index (κ2) is 7.64. The zero-order chi connectivity index (χ0) is 18.8. The molecular formula is C21H23N3O2S. The number of hydrogen-bond donors (Lipinski definition) is 0. The number of rotatable bonds is 4. The predicted molar refractivity (Wildman–Crippen MR) is 111 cm³/mol. The standard InChI is InChI=1S/C21H23N3O2S/c1-3-24-20(25)18(27-21(24)22-16-8-6-15(2)7-9-16)14-17-10-11-19(26-17)23-12-4-5-13-23/h6-11,14H,3-5,12-13H2,1-2H3/b18-14+,22-21?. The average Bonchev–Trinajstić information content (AvgIpc) is 3.39. The summed E-state index contributed by atoms with van der Waals surface area (Å²) in [5.74, 6) is 1.57. The Morgan fingerprint density at radius 1 is 1.15 bits per heavy atom. The highest BCUT2D eigenvalue weighted by Crippen LogP contribution is 2.35. The number of aryl methyl sites for hydroxylation is 1.